The minimum atomic E-state index is 0.0179. The smallest absolute Gasteiger partial charge is 0.0785 e. The number of hydrogen-bond acceptors (Lipinski definition) is 4. The average molecular weight is 307 g/mol. The van der Waals surface area contributed by atoms with Crippen LogP contribution in [-0.4, -0.2) is 44.6 Å². The van der Waals surface area contributed by atoms with Crippen molar-refractivity contribution in [2.24, 2.45) is 0 Å². The van der Waals surface area contributed by atoms with Gasteiger partial charge in [-0.15, -0.1) is 0 Å². The molecular weight excluding hydrogens is 278 g/mol. The number of piperidine rings is 1. The molecule has 1 fully saturated rings. The Morgan fingerprint density at radius 1 is 1.14 bits per heavy atom. The van der Waals surface area contributed by atoms with Gasteiger partial charge in [-0.25, -0.2) is 0 Å². The van der Waals surface area contributed by atoms with Crippen LogP contribution < -0.4 is 5.32 Å². The van der Waals surface area contributed by atoms with Gasteiger partial charge < -0.3 is 19.5 Å². The van der Waals surface area contributed by atoms with E-state index in [1.807, 2.05) is 25.1 Å². The molecule has 0 radical (unpaired) electrons. The molecule has 4 nitrogen and oxygen atoms in total. The highest BCUT2D eigenvalue weighted by molar-refractivity contribution is 5.13. The molecule has 0 aliphatic carbocycles. The first-order chi connectivity index (χ1) is 10.7. The van der Waals surface area contributed by atoms with Gasteiger partial charge in [0, 0.05) is 0 Å². The third kappa shape index (κ3) is 6.44. The Bertz CT molecular complexity index is 404. The predicted molar refractivity (Wildman–Crippen MR) is 88.0 cm³/mol. The summed E-state index contributed by atoms with van der Waals surface area (Å²) in [5.41, 5.74) is 1.21. The number of rotatable bonds is 9. The van der Waals surface area contributed by atoms with Crippen LogP contribution in [0.5, 0.6) is 0 Å². The zero-order valence-electron chi connectivity index (χ0n) is 13.8. The van der Waals surface area contributed by atoms with E-state index in [0.29, 0.717) is 26.4 Å². The molecule has 1 aromatic rings. The van der Waals surface area contributed by atoms with Gasteiger partial charge in [-0.1, -0.05) is 30.3 Å². The van der Waals surface area contributed by atoms with Gasteiger partial charge in [-0.3, -0.25) is 0 Å². The molecule has 1 unspecified atom stereocenters. The third-order valence-corrected chi connectivity index (χ3v) is 4.07. The van der Waals surface area contributed by atoms with E-state index in [0.717, 1.165) is 25.9 Å². The summed E-state index contributed by atoms with van der Waals surface area (Å²) in [7, 11) is 0. The van der Waals surface area contributed by atoms with Crippen LogP contribution in [0.25, 0.3) is 0 Å². The molecule has 0 spiro atoms. The molecule has 1 saturated heterocycles. The quantitative estimate of drug-likeness (QED) is 0.712. The normalized spacial score (nSPS) is 19.0. The Labute approximate surface area is 134 Å². The van der Waals surface area contributed by atoms with Gasteiger partial charge >= 0.3 is 0 Å². The molecule has 1 aliphatic rings. The molecule has 0 bridgehead atoms. The van der Waals surface area contributed by atoms with Crippen molar-refractivity contribution in [1.29, 1.82) is 0 Å². The van der Waals surface area contributed by atoms with Crippen LogP contribution in [0.3, 0.4) is 0 Å². The number of benzene rings is 1. The zero-order valence-corrected chi connectivity index (χ0v) is 13.8. The summed E-state index contributed by atoms with van der Waals surface area (Å²) >= 11 is 0. The van der Waals surface area contributed by atoms with E-state index in [-0.39, 0.29) is 11.7 Å². The lowest BCUT2D eigenvalue weighted by atomic mass is 9.95. The summed E-state index contributed by atoms with van der Waals surface area (Å²) in [5.74, 6) is 0. The predicted octanol–water partition coefficient (Wildman–Crippen LogP) is 2.77. The fourth-order valence-corrected chi connectivity index (χ4v) is 2.56. The van der Waals surface area contributed by atoms with Crippen molar-refractivity contribution < 1.29 is 14.2 Å². The minimum absolute atomic E-state index is 0.0179. The van der Waals surface area contributed by atoms with Crippen molar-refractivity contribution in [3.8, 4) is 0 Å². The third-order valence-electron chi connectivity index (χ3n) is 4.07. The van der Waals surface area contributed by atoms with Crippen molar-refractivity contribution in [3.05, 3.63) is 35.9 Å². The lowest BCUT2D eigenvalue weighted by Gasteiger charge is -2.34. The SMILES string of the molecule is CC(COCCOC1(C)CCNCC1)OCc1ccccc1. The molecule has 2 rings (SSSR count). The van der Waals surface area contributed by atoms with Gasteiger partial charge in [0.2, 0.25) is 0 Å². The van der Waals surface area contributed by atoms with Crippen molar-refractivity contribution in [2.75, 3.05) is 32.9 Å². The first-order valence-electron chi connectivity index (χ1n) is 8.26. The van der Waals surface area contributed by atoms with Crippen molar-refractivity contribution >= 4 is 0 Å². The van der Waals surface area contributed by atoms with Crippen molar-refractivity contribution in [2.45, 2.75) is 45.0 Å². The van der Waals surface area contributed by atoms with Gasteiger partial charge in [-0.2, -0.15) is 0 Å². The Balaban J connectivity index is 1.51. The van der Waals surface area contributed by atoms with Crippen molar-refractivity contribution in [3.63, 3.8) is 0 Å². The summed E-state index contributed by atoms with van der Waals surface area (Å²) < 4.78 is 17.4. The monoisotopic (exact) mass is 307 g/mol. The van der Waals surface area contributed by atoms with E-state index >= 15 is 0 Å². The molecule has 1 aromatic carbocycles. The molecule has 0 amide bonds. The molecule has 4 heteroatoms. The van der Waals surface area contributed by atoms with Crippen LogP contribution in [0, 0.1) is 0 Å². The summed E-state index contributed by atoms with van der Waals surface area (Å²) in [6.07, 6.45) is 2.24. The molecule has 1 aliphatic heterocycles. The van der Waals surface area contributed by atoms with Gasteiger partial charge in [0.05, 0.1) is 38.1 Å². The Morgan fingerprint density at radius 3 is 2.59 bits per heavy atom. The lowest BCUT2D eigenvalue weighted by Crippen LogP contribution is -2.42. The van der Waals surface area contributed by atoms with E-state index in [9.17, 15) is 0 Å². The van der Waals surface area contributed by atoms with Crippen LogP contribution in [0.2, 0.25) is 0 Å². The first-order valence-corrected chi connectivity index (χ1v) is 8.26. The van der Waals surface area contributed by atoms with Gasteiger partial charge in [-0.05, 0) is 45.3 Å². The standard InChI is InChI=1S/C18H29NO3/c1-16(21-15-17-6-4-3-5-7-17)14-20-12-13-22-18(2)8-10-19-11-9-18/h3-7,16,19H,8-15H2,1-2H3. The largest absolute Gasteiger partial charge is 0.376 e. The summed E-state index contributed by atoms with van der Waals surface area (Å²) in [4.78, 5) is 0. The zero-order chi connectivity index (χ0) is 15.7. The molecule has 124 valence electrons. The van der Waals surface area contributed by atoms with E-state index in [2.05, 4.69) is 24.4 Å². The topological polar surface area (TPSA) is 39.7 Å². The van der Waals surface area contributed by atoms with Gasteiger partial charge in [0.25, 0.3) is 0 Å². The highest BCUT2D eigenvalue weighted by Gasteiger charge is 2.26. The maximum absolute atomic E-state index is 5.98. The van der Waals surface area contributed by atoms with E-state index in [1.54, 1.807) is 0 Å². The molecule has 0 aromatic heterocycles. The minimum Gasteiger partial charge on any atom is -0.376 e. The highest BCUT2D eigenvalue weighted by atomic mass is 16.6. The maximum Gasteiger partial charge on any atom is 0.0785 e. The van der Waals surface area contributed by atoms with E-state index in [4.69, 9.17) is 14.2 Å². The molecule has 0 saturated carbocycles. The second-order valence-electron chi connectivity index (χ2n) is 6.23. The summed E-state index contributed by atoms with van der Waals surface area (Å²) in [6.45, 7) is 8.84. The van der Waals surface area contributed by atoms with Crippen LogP contribution in [-0.2, 0) is 20.8 Å². The molecule has 1 heterocycles. The fourth-order valence-electron chi connectivity index (χ4n) is 2.56. The maximum atomic E-state index is 5.98. The fraction of sp³-hybridized carbons (Fsp3) is 0.667. The Hall–Kier alpha value is -0.940. The molecule has 22 heavy (non-hydrogen) atoms. The Morgan fingerprint density at radius 2 is 1.86 bits per heavy atom. The van der Waals surface area contributed by atoms with E-state index < -0.39 is 0 Å². The average Bonchev–Trinajstić information content (AvgIpc) is 2.54. The van der Waals surface area contributed by atoms with E-state index in [1.165, 1.54) is 5.56 Å². The lowest BCUT2D eigenvalue weighted by molar-refractivity contribution is -0.0834. The van der Waals surface area contributed by atoms with Crippen LogP contribution >= 0.6 is 0 Å². The highest BCUT2D eigenvalue weighted by Crippen LogP contribution is 2.21. The second kappa shape index (κ2) is 9.26. The van der Waals surface area contributed by atoms with Gasteiger partial charge in [0.1, 0.15) is 0 Å². The summed E-state index contributed by atoms with van der Waals surface area (Å²) in [6, 6.07) is 10.2. The molecule has 1 atom stereocenters. The summed E-state index contributed by atoms with van der Waals surface area (Å²) in [5, 5.41) is 3.36. The first kappa shape index (κ1) is 17.4. The molecule has 1 N–H and O–H groups in total. The number of ether oxygens (including phenoxy) is 3. The van der Waals surface area contributed by atoms with Crippen molar-refractivity contribution in [1.82, 2.24) is 5.32 Å². The van der Waals surface area contributed by atoms with Crippen LogP contribution in [0.15, 0.2) is 30.3 Å². The van der Waals surface area contributed by atoms with Gasteiger partial charge in [0.15, 0.2) is 0 Å². The number of hydrogen-bond donors (Lipinski definition) is 1. The second-order valence-corrected chi connectivity index (χ2v) is 6.23. The Kier molecular flexibility index (Phi) is 7.33. The number of nitrogens with one attached hydrogen (secondary N) is 1. The van der Waals surface area contributed by atoms with Crippen LogP contribution in [0.4, 0.5) is 0 Å². The van der Waals surface area contributed by atoms with Crippen LogP contribution in [0.1, 0.15) is 32.3 Å². The molecular formula is C18H29NO3.